The Hall–Kier alpha value is -3.64. The Kier molecular flexibility index (Phi) is 6.98. The van der Waals surface area contributed by atoms with Gasteiger partial charge in [0.25, 0.3) is 0 Å². The Morgan fingerprint density at radius 1 is 0.882 bits per heavy atom. The number of aryl methyl sites for hydroxylation is 1. The molecule has 3 N–H and O–H groups in total. The fourth-order valence-corrected chi connectivity index (χ4v) is 4.36. The van der Waals surface area contributed by atoms with E-state index >= 15 is 0 Å². The molecule has 0 bridgehead atoms. The van der Waals surface area contributed by atoms with Crippen LogP contribution in [-0.2, 0) is 9.53 Å². The lowest BCUT2D eigenvalue weighted by Crippen LogP contribution is -2.49. The van der Waals surface area contributed by atoms with E-state index in [1.165, 1.54) is 0 Å². The van der Waals surface area contributed by atoms with Crippen LogP contribution in [0.1, 0.15) is 48.1 Å². The predicted molar refractivity (Wildman–Crippen MR) is 131 cm³/mol. The summed E-state index contributed by atoms with van der Waals surface area (Å²) in [4.78, 5) is 25.0. The highest BCUT2D eigenvalue weighted by Gasteiger charge is 2.29. The number of amides is 2. The first-order valence-electron chi connectivity index (χ1n) is 11.5. The molecular formula is C28H30N2O4. The van der Waals surface area contributed by atoms with Gasteiger partial charge in [-0.25, -0.2) is 4.79 Å². The highest BCUT2D eigenvalue weighted by Crippen LogP contribution is 2.44. The zero-order valence-electron chi connectivity index (χ0n) is 19.6. The topological polar surface area (TPSA) is 87.7 Å². The molecule has 3 aromatic carbocycles. The molecular weight excluding hydrogens is 428 g/mol. The van der Waals surface area contributed by atoms with E-state index in [2.05, 4.69) is 34.9 Å². The summed E-state index contributed by atoms with van der Waals surface area (Å²) in [7, 11) is 0. The summed E-state index contributed by atoms with van der Waals surface area (Å²) in [5.41, 5.74) is 6.37. The lowest BCUT2D eigenvalue weighted by atomic mass is 9.98. The van der Waals surface area contributed by atoms with Gasteiger partial charge in [-0.2, -0.15) is 0 Å². The van der Waals surface area contributed by atoms with Gasteiger partial charge in [0.1, 0.15) is 12.6 Å². The SMILES string of the molecule is Cc1ccc([C@@H](O)[C@H](C)NC(=O)[C@H](C)NC(=O)OCC2c3ccccc3-c3ccccc32)cc1. The van der Waals surface area contributed by atoms with Gasteiger partial charge in [0.15, 0.2) is 0 Å². The zero-order chi connectivity index (χ0) is 24.2. The first-order chi connectivity index (χ1) is 16.3. The van der Waals surface area contributed by atoms with Gasteiger partial charge in [0.2, 0.25) is 5.91 Å². The minimum Gasteiger partial charge on any atom is -0.449 e. The van der Waals surface area contributed by atoms with Crippen LogP contribution in [0.2, 0.25) is 0 Å². The van der Waals surface area contributed by atoms with E-state index in [9.17, 15) is 14.7 Å². The molecule has 0 spiro atoms. The number of hydrogen-bond acceptors (Lipinski definition) is 4. The second-order valence-electron chi connectivity index (χ2n) is 8.84. The molecule has 34 heavy (non-hydrogen) atoms. The highest BCUT2D eigenvalue weighted by molar-refractivity contribution is 5.85. The molecule has 0 radical (unpaired) electrons. The molecule has 0 saturated carbocycles. The van der Waals surface area contributed by atoms with Gasteiger partial charge in [-0.1, -0.05) is 78.4 Å². The molecule has 0 aliphatic heterocycles. The number of ether oxygens (including phenoxy) is 1. The van der Waals surface area contributed by atoms with Crippen LogP contribution in [0.4, 0.5) is 4.79 Å². The average molecular weight is 459 g/mol. The van der Waals surface area contributed by atoms with Crippen molar-refractivity contribution in [2.45, 2.75) is 44.9 Å². The maximum atomic E-state index is 12.6. The zero-order valence-corrected chi connectivity index (χ0v) is 19.6. The van der Waals surface area contributed by atoms with Crippen LogP contribution >= 0.6 is 0 Å². The third-order valence-electron chi connectivity index (χ3n) is 6.33. The summed E-state index contributed by atoms with van der Waals surface area (Å²) in [6.45, 7) is 5.46. The summed E-state index contributed by atoms with van der Waals surface area (Å²) in [5, 5.41) is 15.9. The van der Waals surface area contributed by atoms with Crippen molar-refractivity contribution in [2.75, 3.05) is 6.61 Å². The molecule has 0 heterocycles. The lowest BCUT2D eigenvalue weighted by molar-refractivity contribution is -0.124. The molecule has 0 saturated heterocycles. The normalized spacial score (nSPS) is 14.9. The Balaban J connectivity index is 1.31. The smallest absolute Gasteiger partial charge is 0.407 e. The summed E-state index contributed by atoms with van der Waals surface area (Å²) >= 11 is 0. The van der Waals surface area contributed by atoms with Gasteiger partial charge in [-0.05, 0) is 48.6 Å². The first-order valence-corrected chi connectivity index (χ1v) is 11.5. The number of carbonyl (C=O) groups is 2. The number of rotatable bonds is 7. The molecule has 3 atom stereocenters. The van der Waals surface area contributed by atoms with Crippen molar-refractivity contribution in [2.24, 2.45) is 0 Å². The van der Waals surface area contributed by atoms with Crippen molar-refractivity contribution in [3.63, 3.8) is 0 Å². The maximum absolute atomic E-state index is 12.6. The molecule has 3 aromatic rings. The van der Waals surface area contributed by atoms with Crippen LogP contribution in [0.5, 0.6) is 0 Å². The minimum atomic E-state index is -0.855. The molecule has 1 aliphatic rings. The van der Waals surface area contributed by atoms with E-state index in [-0.39, 0.29) is 12.5 Å². The summed E-state index contributed by atoms with van der Waals surface area (Å²) in [6, 6.07) is 22.4. The van der Waals surface area contributed by atoms with Gasteiger partial charge in [-0.3, -0.25) is 4.79 Å². The van der Waals surface area contributed by atoms with E-state index in [0.717, 1.165) is 33.4 Å². The Morgan fingerprint density at radius 2 is 1.44 bits per heavy atom. The Labute approximate surface area is 200 Å². The molecule has 0 unspecified atom stereocenters. The highest BCUT2D eigenvalue weighted by atomic mass is 16.5. The second kappa shape index (κ2) is 10.1. The third kappa shape index (κ3) is 4.97. The molecule has 1 aliphatic carbocycles. The van der Waals surface area contributed by atoms with E-state index in [1.807, 2.05) is 55.5 Å². The number of aliphatic hydroxyl groups is 1. The van der Waals surface area contributed by atoms with Crippen LogP contribution in [0.3, 0.4) is 0 Å². The van der Waals surface area contributed by atoms with Gasteiger partial charge in [0, 0.05) is 5.92 Å². The van der Waals surface area contributed by atoms with Crippen molar-refractivity contribution >= 4 is 12.0 Å². The standard InChI is InChI=1S/C28H30N2O4/c1-17-12-14-20(15-13-17)26(31)18(2)29-27(32)19(3)30-28(33)34-16-25-23-10-6-4-8-21(23)22-9-5-7-11-24(22)25/h4-15,18-19,25-26,31H,16H2,1-3H3,(H,29,32)(H,30,33)/t18-,19-,26-/m0/s1. The quantitative estimate of drug-likeness (QED) is 0.488. The molecule has 4 rings (SSSR count). The van der Waals surface area contributed by atoms with Gasteiger partial charge >= 0.3 is 6.09 Å². The van der Waals surface area contributed by atoms with Crippen LogP contribution in [0.15, 0.2) is 72.8 Å². The van der Waals surface area contributed by atoms with E-state index < -0.39 is 30.2 Å². The molecule has 2 amide bonds. The molecule has 6 heteroatoms. The molecule has 6 nitrogen and oxygen atoms in total. The predicted octanol–water partition coefficient (Wildman–Crippen LogP) is 4.46. The molecule has 0 fully saturated rings. The van der Waals surface area contributed by atoms with Crippen LogP contribution in [0.25, 0.3) is 11.1 Å². The van der Waals surface area contributed by atoms with E-state index in [4.69, 9.17) is 4.74 Å². The second-order valence-corrected chi connectivity index (χ2v) is 8.84. The summed E-state index contributed by atoms with van der Waals surface area (Å²) in [5.74, 6) is -0.445. The molecule has 0 aromatic heterocycles. The van der Waals surface area contributed by atoms with Crippen molar-refractivity contribution in [3.8, 4) is 11.1 Å². The van der Waals surface area contributed by atoms with Crippen molar-refractivity contribution in [1.82, 2.24) is 10.6 Å². The average Bonchev–Trinajstić information content (AvgIpc) is 3.16. The number of nitrogens with one attached hydrogen (secondary N) is 2. The van der Waals surface area contributed by atoms with Crippen LogP contribution in [-0.4, -0.2) is 35.8 Å². The van der Waals surface area contributed by atoms with E-state index in [0.29, 0.717) is 0 Å². The van der Waals surface area contributed by atoms with Crippen molar-refractivity contribution in [3.05, 3.63) is 95.1 Å². The number of carbonyl (C=O) groups excluding carboxylic acids is 2. The number of aliphatic hydroxyl groups excluding tert-OH is 1. The van der Waals surface area contributed by atoms with Crippen molar-refractivity contribution in [1.29, 1.82) is 0 Å². The largest absolute Gasteiger partial charge is 0.449 e. The Bertz CT molecular complexity index is 1130. The van der Waals surface area contributed by atoms with Crippen LogP contribution in [0, 0.1) is 6.92 Å². The number of hydrogen-bond donors (Lipinski definition) is 3. The first kappa shape index (κ1) is 23.5. The minimum absolute atomic E-state index is 0.0491. The van der Waals surface area contributed by atoms with Crippen molar-refractivity contribution < 1.29 is 19.4 Å². The number of alkyl carbamates (subject to hydrolysis) is 1. The summed E-state index contributed by atoms with van der Waals surface area (Å²) < 4.78 is 5.51. The van der Waals surface area contributed by atoms with Crippen LogP contribution < -0.4 is 10.6 Å². The number of benzene rings is 3. The maximum Gasteiger partial charge on any atom is 0.407 e. The number of fused-ring (bicyclic) bond motifs is 3. The van der Waals surface area contributed by atoms with Gasteiger partial charge in [-0.15, -0.1) is 0 Å². The van der Waals surface area contributed by atoms with Gasteiger partial charge < -0.3 is 20.5 Å². The fraction of sp³-hybridized carbons (Fsp3) is 0.286. The third-order valence-corrected chi connectivity index (χ3v) is 6.33. The Morgan fingerprint density at radius 3 is 2.03 bits per heavy atom. The fourth-order valence-electron chi connectivity index (χ4n) is 4.36. The van der Waals surface area contributed by atoms with Gasteiger partial charge in [0.05, 0.1) is 12.1 Å². The molecule has 176 valence electrons. The van der Waals surface area contributed by atoms with E-state index in [1.54, 1.807) is 13.8 Å². The lowest BCUT2D eigenvalue weighted by Gasteiger charge is -2.23. The monoisotopic (exact) mass is 458 g/mol. The summed E-state index contributed by atoms with van der Waals surface area (Å²) in [6.07, 6.45) is -1.51.